The Morgan fingerprint density at radius 2 is 1.93 bits per heavy atom. The summed E-state index contributed by atoms with van der Waals surface area (Å²) in [5.74, 6) is 0.570. The zero-order valence-corrected chi connectivity index (χ0v) is 9.35. The van der Waals surface area contributed by atoms with Crippen molar-refractivity contribution in [2.24, 2.45) is 0 Å². The molecule has 0 saturated heterocycles. The first-order valence-electron chi connectivity index (χ1n) is 5.48. The van der Waals surface area contributed by atoms with Gasteiger partial charge in [0, 0.05) is 18.4 Å². The highest BCUT2D eigenvalue weighted by molar-refractivity contribution is 5.58. The Morgan fingerprint density at radius 1 is 1.13 bits per heavy atom. The molecule has 1 aliphatic rings. The van der Waals surface area contributed by atoms with Crippen LogP contribution in [-0.2, 0) is 0 Å². The first-order valence-corrected chi connectivity index (χ1v) is 5.48. The van der Waals surface area contributed by atoms with Crippen LogP contribution in [0.1, 0.15) is 25.3 Å². The van der Waals surface area contributed by atoms with Crippen molar-refractivity contribution in [2.45, 2.75) is 19.8 Å². The number of rotatable bonds is 2. The summed E-state index contributed by atoms with van der Waals surface area (Å²) in [6.07, 6.45) is 8.49. The number of allylic oxidation sites excluding steroid dienone is 2. The summed E-state index contributed by atoms with van der Waals surface area (Å²) in [6, 6.07) is 8.63. The second-order valence-electron chi connectivity index (χ2n) is 4.14. The summed E-state index contributed by atoms with van der Waals surface area (Å²) in [5.41, 5.74) is 2.74. The Morgan fingerprint density at radius 3 is 2.60 bits per heavy atom. The number of anilines is 1. The second kappa shape index (κ2) is 4.35. The van der Waals surface area contributed by atoms with Gasteiger partial charge in [0.15, 0.2) is 0 Å². The van der Waals surface area contributed by atoms with E-state index in [0.29, 0.717) is 5.92 Å². The Hall–Kier alpha value is -1.50. The zero-order valence-electron chi connectivity index (χ0n) is 9.35. The highest BCUT2D eigenvalue weighted by Gasteiger charge is 2.10. The molecule has 0 aliphatic carbocycles. The van der Waals surface area contributed by atoms with Gasteiger partial charge in [-0.25, -0.2) is 0 Å². The zero-order chi connectivity index (χ0) is 10.7. The van der Waals surface area contributed by atoms with Crippen LogP contribution in [0.2, 0.25) is 0 Å². The van der Waals surface area contributed by atoms with Gasteiger partial charge in [-0.2, -0.15) is 0 Å². The van der Waals surface area contributed by atoms with E-state index in [4.69, 9.17) is 0 Å². The molecule has 2 rings (SSSR count). The molecular weight excluding hydrogens is 182 g/mol. The monoisotopic (exact) mass is 199 g/mol. The van der Waals surface area contributed by atoms with Crippen molar-refractivity contribution < 1.29 is 0 Å². The van der Waals surface area contributed by atoms with Gasteiger partial charge in [-0.3, -0.25) is 0 Å². The molecule has 0 amide bonds. The van der Waals surface area contributed by atoms with E-state index in [-0.39, 0.29) is 0 Å². The summed E-state index contributed by atoms with van der Waals surface area (Å²) in [7, 11) is 0. The number of benzene rings is 1. The Balaban J connectivity index is 2.34. The molecule has 1 nitrogen and oxygen atoms in total. The Bertz CT molecular complexity index is 388. The van der Waals surface area contributed by atoms with Crippen molar-refractivity contribution in [1.29, 1.82) is 0 Å². The highest BCUT2D eigenvalue weighted by atomic mass is 15.1. The number of para-hydroxylation sites is 1. The smallest absolute Gasteiger partial charge is 0.0444 e. The molecular formula is C14H17N. The van der Waals surface area contributed by atoms with Crippen LogP contribution in [0.3, 0.4) is 0 Å². The first kappa shape index (κ1) is 10.0. The molecule has 1 heterocycles. The lowest BCUT2D eigenvalue weighted by molar-refractivity contribution is 0.857. The minimum atomic E-state index is 0.570. The van der Waals surface area contributed by atoms with Crippen molar-refractivity contribution in [2.75, 3.05) is 11.4 Å². The summed E-state index contributed by atoms with van der Waals surface area (Å²) in [4.78, 5) is 2.29. The molecule has 0 fully saturated rings. The lowest BCUT2D eigenvalue weighted by Gasteiger charge is -2.24. The number of hydrogen-bond acceptors (Lipinski definition) is 1. The summed E-state index contributed by atoms with van der Waals surface area (Å²) >= 11 is 0. The quantitative estimate of drug-likeness (QED) is 0.702. The Kier molecular flexibility index (Phi) is 2.91. The number of hydrogen-bond donors (Lipinski definition) is 0. The van der Waals surface area contributed by atoms with Crippen LogP contribution in [-0.4, -0.2) is 6.54 Å². The maximum absolute atomic E-state index is 2.29. The van der Waals surface area contributed by atoms with Gasteiger partial charge in [-0.1, -0.05) is 44.2 Å². The van der Waals surface area contributed by atoms with Gasteiger partial charge in [0.2, 0.25) is 0 Å². The third kappa shape index (κ3) is 2.12. The van der Waals surface area contributed by atoms with Gasteiger partial charge in [-0.05, 0) is 23.6 Å². The van der Waals surface area contributed by atoms with E-state index in [2.05, 4.69) is 67.4 Å². The largest absolute Gasteiger partial charge is 0.344 e. The molecule has 0 atom stereocenters. The maximum atomic E-state index is 2.29. The molecule has 1 aliphatic heterocycles. The topological polar surface area (TPSA) is 3.24 Å². The summed E-state index contributed by atoms with van der Waals surface area (Å²) < 4.78 is 0. The van der Waals surface area contributed by atoms with Crippen LogP contribution >= 0.6 is 0 Å². The van der Waals surface area contributed by atoms with Crippen molar-refractivity contribution in [1.82, 2.24) is 0 Å². The molecule has 1 heteroatoms. The molecule has 0 radical (unpaired) electrons. The molecule has 0 spiro atoms. The standard InChI is InChI=1S/C14H17N/c1-12(2)13-8-4-5-9-14(13)15-10-6-3-7-11-15/h3-10,12H,11H2,1-2H3. The molecule has 15 heavy (non-hydrogen) atoms. The minimum absolute atomic E-state index is 0.570. The summed E-state index contributed by atoms with van der Waals surface area (Å²) in [5, 5.41) is 0. The second-order valence-corrected chi connectivity index (χ2v) is 4.14. The molecule has 1 aromatic carbocycles. The molecule has 0 aromatic heterocycles. The lowest BCUT2D eigenvalue weighted by atomic mass is 10.0. The van der Waals surface area contributed by atoms with Crippen LogP contribution in [0, 0.1) is 0 Å². The Labute approximate surface area is 91.7 Å². The van der Waals surface area contributed by atoms with E-state index < -0.39 is 0 Å². The molecule has 0 bridgehead atoms. The highest BCUT2D eigenvalue weighted by Crippen LogP contribution is 2.28. The number of nitrogens with zero attached hydrogens (tertiary/aromatic N) is 1. The molecule has 0 unspecified atom stereocenters. The predicted molar refractivity (Wildman–Crippen MR) is 66.2 cm³/mol. The van der Waals surface area contributed by atoms with Crippen LogP contribution < -0.4 is 4.90 Å². The fraction of sp³-hybridized carbons (Fsp3) is 0.286. The SMILES string of the molecule is CC(C)c1ccccc1N1C=CC=CC1. The van der Waals surface area contributed by atoms with E-state index in [0.717, 1.165) is 6.54 Å². The lowest BCUT2D eigenvalue weighted by Crippen LogP contribution is -2.19. The summed E-state index contributed by atoms with van der Waals surface area (Å²) in [6.45, 7) is 5.45. The van der Waals surface area contributed by atoms with Crippen LogP contribution in [0.25, 0.3) is 0 Å². The van der Waals surface area contributed by atoms with Crippen LogP contribution in [0.5, 0.6) is 0 Å². The average molecular weight is 199 g/mol. The van der Waals surface area contributed by atoms with Crippen molar-refractivity contribution in [3.05, 3.63) is 54.3 Å². The van der Waals surface area contributed by atoms with E-state index in [1.54, 1.807) is 0 Å². The van der Waals surface area contributed by atoms with Gasteiger partial charge >= 0.3 is 0 Å². The van der Waals surface area contributed by atoms with Crippen molar-refractivity contribution >= 4 is 5.69 Å². The first-order chi connectivity index (χ1) is 7.29. The van der Waals surface area contributed by atoms with E-state index in [1.807, 2.05) is 0 Å². The van der Waals surface area contributed by atoms with Gasteiger partial charge in [0.1, 0.15) is 0 Å². The van der Waals surface area contributed by atoms with E-state index >= 15 is 0 Å². The van der Waals surface area contributed by atoms with Gasteiger partial charge in [0.25, 0.3) is 0 Å². The maximum Gasteiger partial charge on any atom is 0.0444 e. The fourth-order valence-corrected chi connectivity index (χ4v) is 1.88. The third-order valence-electron chi connectivity index (χ3n) is 2.68. The van der Waals surface area contributed by atoms with Crippen molar-refractivity contribution in [3.63, 3.8) is 0 Å². The minimum Gasteiger partial charge on any atom is -0.344 e. The van der Waals surface area contributed by atoms with Crippen molar-refractivity contribution in [3.8, 4) is 0 Å². The normalized spacial score (nSPS) is 15.0. The van der Waals surface area contributed by atoms with Crippen LogP contribution in [0.15, 0.2) is 48.7 Å². The van der Waals surface area contributed by atoms with Gasteiger partial charge < -0.3 is 4.90 Å². The molecule has 0 N–H and O–H groups in total. The van der Waals surface area contributed by atoms with Gasteiger partial charge in [-0.15, -0.1) is 0 Å². The fourth-order valence-electron chi connectivity index (χ4n) is 1.88. The molecule has 1 aromatic rings. The van der Waals surface area contributed by atoms with E-state index in [9.17, 15) is 0 Å². The van der Waals surface area contributed by atoms with E-state index in [1.165, 1.54) is 11.3 Å². The van der Waals surface area contributed by atoms with Gasteiger partial charge in [0.05, 0.1) is 0 Å². The third-order valence-corrected chi connectivity index (χ3v) is 2.68. The van der Waals surface area contributed by atoms with Crippen LogP contribution in [0.4, 0.5) is 5.69 Å². The molecule has 78 valence electrons. The average Bonchev–Trinajstić information content (AvgIpc) is 2.30. The predicted octanol–water partition coefficient (Wildman–Crippen LogP) is 3.70. The molecule has 0 saturated carbocycles.